The molecule has 0 bridgehead atoms. The molecular weight excluding hydrogens is 345 g/mol. The van der Waals surface area contributed by atoms with Gasteiger partial charge in [0.05, 0.1) is 18.1 Å². The zero-order chi connectivity index (χ0) is 17.1. The van der Waals surface area contributed by atoms with Crippen LogP contribution >= 0.6 is 11.6 Å². The molecule has 2 N–H and O–H groups in total. The summed E-state index contributed by atoms with van der Waals surface area (Å²) in [6.07, 6.45) is -0.482. The van der Waals surface area contributed by atoms with Gasteiger partial charge < -0.3 is 15.3 Å². The van der Waals surface area contributed by atoms with E-state index in [1.54, 1.807) is 0 Å². The highest BCUT2D eigenvalue weighted by Crippen LogP contribution is 2.20. The van der Waals surface area contributed by atoms with Crippen LogP contribution in [0.3, 0.4) is 0 Å². The number of oxime groups is 1. The Labute approximate surface area is 139 Å². The minimum absolute atomic E-state index is 0.0720. The molecule has 2 aromatic rings. The van der Waals surface area contributed by atoms with Gasteiger partial charge in [0, 0.05) is 5.69 Å². The number of amidine groups is 1. The maximum Gasteiger partial charge on any atom is 0.410 e. The molecule has 2 heterocycles. The molecule has 24 heavy (non-hydrogen) atoms. The van der Waals surface area contributed by atoms with Gasteiger partial charge in [-0.1, -0.05) is 21.9 Å². The molecule has 0 aliphatic carbocycles. The van der Waals surface area contributed by atoms with E-state index in [4.69, 9.17) is 16.3 Å². The standard InChI is InChI=1S/C13H11ClFN5O4/c14-8-5-7(1-2-9(8)15)16-12(17-22)11-10(18-24-19-11)6-20-3-4-23-13(20)21/h1-2,5,22H,3-4,6H2,(H,16,17). The number of ether oxygens (including phenoxy) is 1. The number of cyclic esters (lactones) is 1. The van der Waals surface area contributed by atoms with Crippen molar-refractivity contribution in [2.24, 2.45) is 5.16 Å². The average molecular weight is 356 g/mol. The first-order valence-corrected chi connectivity index (χ1v) is 7.14. The van der Waals surface area contributed by atoms with Crippen molar-refractivity contribution >= 4 is 29.2 Å². The fourth-order valence-corrected chi connectivity index (χ4v) is 2.26. The predicted octanol–water partition coefficient (Wildman–Crippen LogP) is 2.06. The van der Waals surface area contributed by atoms with Crippen LogP contribution in [0.25, 0.3) is 0 Å². The van der Waals surface area contributed by atoms with Gasteiger partial charge in [0.2, 0.25) is 5.84 Å². The number of halogens is 2. The van der Waals surface area contributed by atoms with E-state index >= 15 is 0 Å². The zero-order valence-corrected chi connectivity index (χ0v) is 12.8. The molecule has 126 valence electrons. The number of nitrogens with zero attached hydrogens (tertiary/aromatic N) is 4. The second kappa shape index (κ2) is 6.71. The van der Waals surface area contributed by atoms with E-state index in [0.29, 0.717) is 12.2 Å². The van der Waals surface area contributed by atoms with Crippen molar-refractivity contribution in [3.05, 3.63) is 40.4 Å². The van der Waals surface area contributed by atoms with Gasteiger partial charge in [-0.05, 0) is 23.4 Å². The van der Waals surface area contributed by atoms with Crippen molar-refractivity contribution in [3.63, 3.8) is 0 Å². The van der Waals surface area contributed by atoms with Crippen LogP contribution in [0.1, 0.15) is 11.4 Å². The lowest BCUT2D eigenvalue weighted by molar-refractivity contribution is 0.156. The minimum Gasteiger partial charge on any atom is -0.448 e. The third kappa shape index (κ3) is 3.23. The highest BCUT2D eigenvalue weighted by molar-refractivity contribution is 6.31. The SMILES string of the molecule is O=C1OCCN1Cc1nonc1/C(=N\O)Nc1ccc(F)c(Cl)c1. The van der Waals surface area contributed by atoms with Crippen LogP contribution in [0.5, 0.6) is 0 Å². The lowest BCUT2D eigenvalue weighted by Gasteiger charge is -2.11. The Hall–Kier alpha value is -2.88. The molecule has 1 aliphatic heterocycles. The fourth-order valence-electron chi connectivity index (χ4n) is 2.08. The Morgan fingerprint density at radius 3 is 3.00 bits per heavy atom. The van der Waals surface area contributed by atoms with Gasteiger partial charge in [0.1, 0.15) is 18.1 Å². The average Bonchev–Trinajstić information content (AvgIpc) is 3.18. The van der Waals surface area contributed by atoms with Crippen LogP contribution in [-0.4, -0.2) is 45.5 Å². The second-order valence-electron chi connectivity index (χ2n) is 4.80. The van der Waals surface area contributed by atoms with E-state index in [1.165, 1.54) is 17.0 Å². The van der Waals surface area contributed by atoms with Crippen LogP contribution < -0.4 is 5.32 Å². The van der Waals surface area contributed by atoms with Gasteiger partial charge in [-0.25, -0.2) is 13.8 Å². The highest BCUT2D eigenvalue weighted by atomic mass is 35.5. The molecule has 1 fully saturated rings. The maximum atomic E-state index is 13.2. The summed E-state index contributed by atoms with van der Waals surface area (Å²) in [6.45, 7) is 0.757. The number of hydrogen-bond acceptors (Lipinski definition) is 7. The molecular formula is C13H11ClFN5O4. The molecule has 0 spiro atoms. The molecule has 11 heteroatoms. The van der Waals surface area contributed by atoms with E-state index in [1.807, 2.05) is 0 Å². The molecule has 0 radical (unpaired) electrons. The van der Waals surface area contributed by atoms with Crippen LogP contribution in [0, 0.1) is 5.82 Å². The van der Waals surface area contributed by atoms with Crippen molar-refractivity contribution in [2.45, 2.75) is 6.54 Å². The lowest BCUT2D eigenvalue weighted by Crippen LogP contribution is -2.26. The lowest BCUT2D eigenvalue weighted by atomic mass is 10.2. The number of rotatable bonds is 4. The molecule has 1 aliphatic rings. The second-order valence-corrected chi connectivity index (χ2v) is 5.21. The van der Waals surface area contributed by atoms with Crippen molar-refractivity contribution < 1.29 is 23.8 Å². The van der Waals surface area contributed by atoms with Gasteiger partial charge in [-0.15, -0.1) is 0 Å². The summed E-state index contributed by atoms with van der Waals surface area (Å²) >= 11 is 5.70. The number of aromatic nitrogens is 2. The van der Waals surface area contributed by atoms with Crippen molar-refractivity contribution in [2.75, 3.05) is 18.5 Å². The number of hydrogen-bond donors (Lipinski definition) is 2. The van der Waals surface area contributed by atoms with Gasteiger partial charge in [-0.3, -0.25) is 4.90 Å². The normalized spacial score (nSPS) is 14.8. The first kappa shape index (κ1) is 16.0. The van der Waals surface area contributed by atoms with E-state index < -0.39 is 11.9 Å². The smallest absolute Gasteiger partial charge is 0.410 e. The van der Waals surface area contributed by atoms with E-state index in [0.717, 1.165) is 6.07 Å². The minimum atomic E-state index is -0.582. The first-order valence-electron chi connectivity index (χ1n) is 6.76. The molecule has 1 aromatic heterocycles. The van der Waals surface area contributed by atoms with Crippen LogP contribution in [-0.2, 0) is 11.3 Å². The van der Waals surface area contributed by atoms with Crippen LogP contribution in [0.2, 0.25) is 5.02 Å². The Morgan fingerprint density at radius 2 is 2.33 bits per heavy atom. The summed E-state index contributed by atoms with van der Waals surface area (Å²) in [5.41, 5.74) is 0.726. The monoisotopic (exact) mass is 355 g/mol. The zero-order valence-electron chi connectivity index (χ0n) is 12.1. The van der Waals surface area contributed by atoms with Crippen molar-refractivity contribution in [1.82, 2.24) is 15.2 Å². The van der Waals surface area contributed by atoms with E-state index in [-0.39, 0.29) is 35.4 Å². The van der Waals surface area contributed by atoms with Crippen molar-refractivity contribution in [3.8, 4) is 0 Å². The number of anilines is 1. The summed E-state index contributed by atoms with van der Waals surface area (Å²) < 4.78 is 22.7. The molecule has 0 unspecified atom stereocenters. The summed E-state index contributed by atoms with van der Waals surface area (Å²) in [6, 6.07) is 3.87. The molecule has 1 saturated heterocycles. The molecule has 1 amide bonds. The molecule has 9 nitrogen and oxygen atoms in total. The summed E-state index contributed by atoms with van der Waals surface area (Å²) in [7, 11) is 0. The first-order chi connectivity index (χ1) is 11.6. The van der Waals surface area contributed by atoms with Gasteiger partial charge in [0.15, 0.2) is 5.69 Å². The van der Waals surface area contributed by atoms with E-state index in [9.17, 15) is 14.4 Å². The van der Waals surface area contributed by atoms with Crippen LogP contribution in [0.4, 0.5) is 14.9 Å². The topological polar surface area (TPSA) is 113 Å². The fraction of sp³-hybridized carbons (Fsp3) is 0.231. The molecule has 3 rings (SSSR count). The number of nitrogens with one attached hydrogen (secondary N) is 1. The van der Waals surface area contributed by atoms with Crippen LogP contribution in [0.15, 0.2) is 28.0 Å². The Kier molecular flexibility index (Phi) is 4.47. The molecule has 0 atom stereocenters. The number of carbonyl (C=O) groups is 1. The Balaban J connectivity index is 1.80. The number of carbonyl (C=O) groups excluding carboxylic acids is 1. The number of amides is 1. The highest BCUT2D eigenvalue weighted by Gasteiger charge is 2.26. The van der Waals surface area contributed by atoms with Gasteiger partial charge in [0.25, 0.3) is 0 Å². The quantitative estimate of drug-likeness (QED) is 0.373. The van der Waals surface area contributed by atoms with Gasteiger partial charge >= 0.3 is 6.09 Å². The Morgan fingerprint density at radius 1 is 1.50 bits per heavy atom. The van der Waals surface area contributed by atoms with Gasteiger partial charge in [-0.2, -0.15) is 0 Å². The summed E-state index contributed by atoms with van der Waals surface area (Å²) in [4.78, 5) is 12.9. The summed E-state index contributed by atoms with van der Waals surface area (Å²) in [5, 5.41) is 22.3. The largest absolute Gasteiger partial charge is 0.448 e. The number of benzene rings is 1. The predicted molar refractivity (Wildman–Crippen MR) is 79.4 cm³/mol. The third-order valence-electron chi connectivity index (χ3n) is 3.25. The molecule has 0 saturated carbocycles. The summed E-state index contributed by atoms with van der Waals surface area (Å²) in [5.74, 6) is -0.678. The Bertz CT molecular complexity index is 796. The maximum absolute atomic E-state index is 13.2. The van der Waals surface area contributed by atoms with E-state index in [2.05, 4.69) is 25.4 Å². The van der Waals surface area contributed by atoms with Crippen molar-refractivity contribution in [1.29, 1.82) is 0 Å². The molecule has 1 aromatic carbocycles. The third-order valence-corrected chi connectivity index (χ3v) is 3.54.